The van der Waals surface area contributed by atoms with Crippen LogP contribution in [0.15, 0.2) is 18.2 Å². The molecule has 0 spiro atoms. The molecule has 0 heterocycles. The number of fused-ring (bicyclic) bond motifs is 1. The van der Waals surface area contributed by atoms with Crippen LogP contribution in [-0.2, 0) is 12.0 Å². The van der Waals surface area contributed by atoms with Gasteiger partial charge in [0.05, 0.1) is 12.7 Å². The standard InChI is InChI=1S/C10H12O2/c1-10(11)6-7-4-3-5-8(12-2)9(7)10/h3-5,11H,6H2,1-2H3/t10-/m0/s1. The van der Waals surface area contributed by atoms with Gasteiger partial charge < -0.3 is 9.84 Å². The molecular weight excluding hydrogens is 152 g/mol. The number of hydrogen-bond acceptors (Lipinski definition) is 2. The van der Waals surface area contributed by atoms with Gasteiger partial charge in [0.2, 0.25) is 0 Å². The Bertz CT molecular complexity index is 316. The zero-order valence-electron chi connectivity index (χ0n) is 7.29. The molecule has 64 valence electrons. The summed E-state index contributed by atoms with van der Waals surface area (Å²) in [5.41, 5.74) is 1.47. The first-order chi connectivity index (χ1) is 5.65. The SMILES string of the molecule is COc1cccc2c1[C@@](C)(O)C2. The van der Waals surface area contributed by atoms with Crippen molar-refractivity contribution in [1.82, 2.24) is 0 Å². The number of rotatable bonds is 1. The number of benzene rings is 1. The van der Waals surface area contributed by atoms with E-state index < -0.39 is 5.60 Å². The lowest BCUT2D eigenvalue weighted by molar-refractivity contribution is 0.0299. The summed E-state index contributed by atoms with van der Waals surface area (Å²) in [5.74, 6) is 0.795. The van der Waals surface area contributed by atoms with Gasteiger partial charge in [0.1, 0.15) is 5.75 Å². The largest absolute Gasteiger partial charge is 0.496 e. The highest BCUT2D eigenvalue weighted by atomic mass is 16.5. The molecule has 0 fully saturated rings. The summed E-state index contributed by atoms with van der Waals surface area (Å²) >= 11 is 0. The van der Waals surface area contributed by atoms with Gasteiger partial charge >= 0.3 is 0 Å². The van der Waals surface area contributed by atoms with Crippen LogP contribution in [0.4, 0.5) is 0 Å². The minimum Gasteiger partial charge on any atom is -0.496 e. The molecule has 1 N–H and O–H groups in total. The first-order valence-corrected chi connectivity index (χ1v) is 4.04. The van der Waals surface area contributed by atoms with Gasteiger partial charge in [-0.3, -0.25) is 0 Å². The molecule has 1 aromatic carbocycles. The summed E-state index contributed by atoms with van der Waals surface area (Å²) in [4.78, 5) is 0. The number of hydrogen-bond donors (Lipinski definition) is 1. The summed E-state index contributed by atoms with van der Waals surface area (Å²) in [6, 6.07) is 5.86. The second-order valence-corrected chi connectivity index (χ2v) is 3.45. The van der Waals surface area contributed by atoms with Gasteiger partial charge in [0.25, 0.3) is 0 Å². The monoisotopic (exact) mass is 164 g/mol. The number of aliphatic hydroxyl groups is 1. The third-order valence-corrected chi connectivity index (χ3v) is 2.41. The zero-order valence-corrected chi connectivity index (χ0v) is 7.29. The maximum atomic E-state index is 9.80. The molecule has 1 aliphatic carbocycles. The van der Waals surface area contributed by atoms with Crippen LogP contribution in [0.5, 0.6) is 5.75 Å². The van der Waals surface area contributed by atoms with E-state index in [0.717, 1.165) is 17.7 Å². The topological polar surface area (TPSA) is 29.5 Å². The van der Waals surface area contributed by atoms with Crippen LogP contribution in [0.1, 0.15) is 18.1 Å². The van der Waals surface area contributed by atoms with E-state index in [0.29, 0.717) is 0 Å². The summed E-state index contributed by atoms with van der Waals surface area (Å²) < 4.78 is 5.15. The molecule has 0 aliphatic heterocycles. The molecule has 0 bridgehead atoms. The van der Waals surface area contributed by atoms with Crippen molar-refractivity contribution in [2.24, 2.45) is 0 Å². The molecule has 0 unspecified atom stereocenters. The Labute approximate surface area is 71.8 Å². The van der Waals surface area contributed by atoms with E-state index in [4.69, 9.17) is 4.74 Å². The van der Waals surface area contributed by atoms with E-state index >= 15 is 0 Å². The van der Waals surface area contributed by atoms with Crippen LogP contribution >= 0.6 is 0 Å². The van der Waals surface area contributed by atoms with E-state index in [2.05, 4.69) is 0 Å². The van der Waals surface area contributed by atoms with Crippen molar-refractivity contribution >= 4 is 0 Å². The van der Waals surface area contributed by atoms with Gasteiger partial charge in [-0.1, -0.05) is 12.1 Å². The van der Waals surface area contributed by atoms with E-state index in [1.807, 2.05) is 25.1 Å². The van der Waals surface area contributed by atoms with Crippen LogP contribution in [0.3, 0.4) is 0 Å². The molecule has 2 heteroatoms. The van der Waals surface area contributed by atoms with Gasteiger partial charge in [0.15, 0.2) is 0 Å². The molecule has 0 saturated carbocycles. The fourth-order valence-electron chi connectivity index (χ4n) is 1.86. The summed E-state index contributed by atoms with van der Waals surface area (Å²) in [6.07, 6.45) is 0.736. The van der Waals surface area contributed by atoms with E-state index in [1.165, 1.54) is 5.56 Å². The Morgan fingerprint density at radius 3 is 2.75 bits per heavy atom. The highest BCUT2D eigenvalue weighted by Gasteiger charge is 2.38. The highest BCUT2D eigenvalue weighted by Crippen LogP contribution is 2.44. The average molecular weight is 164 g/mol. The zero-order chi connectivity index (χ0) is 8.77. The fraction of sp³-hybridized carbons (Fsp3) is 0.400. The Morgan fingerprint density at radius 1 is 1.50 bits per heavy atom. The Hall–Kier alpha value is -1.02. The lowest BCUT2D eigenvalue weighted by atomic mass is 9.74. The quantitative estimate of drug-likeness (QED) is 0.681. The highest BCUT2D eigenvalue weighted by molar-refractivity contribution is 5.51. The molecule has 0 amide bonds. The molecule has 0 saturated heterocycles. The number of methoxy groups -OCH3 is 1. The predicted octanol–water partition coefficient (Wildman–Crippen LogP) is 1.46. The summed E-state index contributed by atoms with van der Waals surface area (Å²) in [6.45, 7) is 1.82. The third kappa shape index (κ3) is 0.847. The molecule has 1 aromatic rings. The third-order valence-electron chi connectivity index (χ3n) is 2.41. The number of ether oxygens (including phenoxy) is 1. The second-order valence-electron chi connectivity index (χ2n) is 3.45. The van der Waals surface area contributed by atoms with Crippen molar-refractivity contribution in [1.29, 1.82) is 0 Å². The van der Waals surface area contributed by atoms with Crippen LogP contribution in [0.25, 0.3) is 0 Å². The van der Waals surface area contributed by atoms with Gasteiger partial charge in [-0.05, 0) is 18.6 Å². The van der Waals surface area contributed by atoms with Crippen LogP contribution < -0.4 is 4.74 Å². The van der Waals surface area contributed by atoms with Crippen molar-refractivity contribution in [2.45, 2.75) is 18.9 Å². The van der Waals surface area contributed by atoms with Crippen molar-refractivity contribution < 1.29 is 9.84 Å². The van der Waals surface area contributed by atoms with Crippen molar-refractivity contribution in [2.75, 3.05) is 7.11 Å². The molecule has 12 heavy (non-hydrogen) atoms. The van der Waals surface area contributed by atoms with Gasteiger partial charge in [-0.15, -0.1) is 0 Å². The fourth-order valence-corrected chi connectivity index (χ4v) is 1.86. The molecule has 1 atom stereocenters. The molecule has 2 rings (SSSR count). The average Bonchev–Trinajstić information content (AvgIpc) is 2.02. The summed E-state index contributed by atoms with van der Waals surface area (Å²) in [5, 5.41) is 9.80. The molecule has 1 aliphatic rings. The van der Waals surface area contributed by atoms with Gasteiger partial charge in [0, 0.05) is 12.0 Å². The van der Waals surface area contributed by atoms with Crippen LogP contribution in [0.2, 0.25) is 0 Å². The maximum Gasteiger partial charge on any atom is 0.125 e. The van der Waals surface area contributed by atoms with Crippen LogP contribution in [-0.4, -0.2) is 12.2 Å². The lowest BCUT2D eigenvalue weighted by Crippen LogP contribution is -2.35. The predicted molar refractivity (Wildman–Crippen MR) is 46.3 cm³/mol. The Kier molecular flexibility index (Phi) is 1.42. The summed E-state index contributed by atoms with van der Waals surface area (Å²) in [7, 11) is 1.63. The van der Waals surface area contributed by atoms with Crippen LogP contribution in [0, 0.1) is 0 Å². The van der Waals surface area contributed by atoms with Gasteiger partial charge in [-0.25, -0.2) is 0 Å². The Balaban J connectivity index is 2.54. The second kappa shape index (κ2) is 2.23. The molecular formula is C10H12O2. The van der Waals surface area contributed by atoms with E-state index in [-0.39, 0.29) is 0 Å². The minimum atomic E-state index is -0.679. The first kappa shape index (κ1) is 7.62. The van der Waals surface area contributed by atoms with Crippen molar-refractivity contribution in [3.05, 3.63) is 29.3 Å². The minimum absolute atomic E-state index is 0.679. The van der Waals surface area contributed by atoms with E-state index in [1.54, 1.807) is 7.11 Å². The lowest BCUT2D eigenvalue weighted by Gasteiger charge is -2.37. The van der Waals surface area contributed by atoms with Crippen molar-refractivity contribution in [3.8, 4) is 5.75 Å². The molecule has 2 nitrogen and oxygen atoms in total. The van der Waals surface area contributed by atoms with Gasteiger partial charge in [-0.2, -0.15) is 0 Å². The smallest absolute Gasteiger partial charge is 0.125 e. The molecule has 0 aromatic heterocycles. The van der Waals surface area contributed by atoms with E-state index in [9.17, 15) is 5.11 Å². The normalized spacial score (nSPS) is 25.9. The maximum absolute atomic E-state index is 9.80. The first-order valence-electron chi connectivity index (χ1n) is 4.04. The molecule has 0 radical (unpaired) electrons. The van der Waals surface area contributed by atoms with Crippen molar-refractivity contribution in [3.63, 3.8) is 0 Å². The Morgan fingerprint density at radius 2 is 2.25 bits per heavy atom.